The van der Waals surface area contributed by atoms with Gasteiger partial charge in [0.05, 0.1) is 9.52 Å². The number of rotatable bonds is 4. The van der Waals surface area contributed by atoms with E-state index < -0.39 is 9.52 Å². The molecule has 0 atom stereocenters. The maximum atomic E-state index is 2.37. The van der Waals surface area contributed by atoms with Crippen molar-refractivity contribution in [2.24, 2.45) is 0 Å². The second-order valence-corrected chi connectivity index (χ2v) is 14.0. The first-order valence-electron chi connectivity index (χ1n) is 15.3. The fourth-order valence-electron chi connectivity index (χ4n) is 7.47. The van der Waals surface area contributed by atoms with E-state index in [1.807, 2.05) is 0 Å². The zero-order chi connectivity index (χ0) is 29.2. The van der Waals surface area contributed by atoms with Crippen LogP contribution in [0.5, 0.6) is 0 Å². The average Bonchev–Trinajstić information content (AvgIpc) is 3.44. The van der Waals surface area contributed by atoms with Crippen molar-refractivity contribution in [3.8, 4) is 22.3 Å². The van der Waals surface area contributed by atoms with Gasteiger partial charge in [-0.15, -0.1) is 0 Å². The van der Waals surface area contributed by atoms with Gasteiger partial charge in [-0.2, -0.15) is 0 Å². The molecule has 2 aliphatic rings. The summed E-state index contributed by atoms with van der Waals surface area (Å²) in [5.74, 6) is 0. The number of benzene rings is 6. The molecule has 0 aliphatic heterocycles. The third-order valence-corrected chi connectivity index (χ3v) is 12.6. The Balaban J connectivity index is 1.19. The molecule has 43 heavy (non-hydrogen) atoms. The lowest BCUT2D eigenvalue weighted by Gasteiger charge is -2.21. The largest absolute Gasteiger partial charge is 0.0617 e. The molecule has 0 N–H and O–H groups in total. The van der Waals surface area contributed by atoms with Gasteiger partial charge >= 0.3 is 0 Å². The summed E-state index contributed by atoms with van der Waals surface area (Å²) < 4.78 is 0. The average molecular weight is 567 g/mol. The van der Waals surface area contributed by atoms with E-state index in [1.54, 1.807) is 11.1 Å². The zero-order valence-corrected chi connectivity index (χ0v) is 26.7. The minimum absolute atomic E-state index is 0.753. The van der Waals surface area contributed by atoms with Crippen LogP contribution in [0, 0.1) is 11.1 Å². The second kappa shape index (κ2) is 10.1. The van der Waals surface area contributed by atoms with Crippen LogP contribution in [0.4, 0.5) is 0 Å². The molecule has 8 rings (SSSR count). The van der Waals surface area contributed by atoms with Gasteiger partial charge in [0.25, 0.3) is 0 Å². The van der Waals surface area contributed by atoms with Crippen LogP contribution < -0.4 is 0 Å². The standard InChI is InChI=1S/C42H34Si/c1-25-27(3)41(37-17-9-15-35(39(25)37)33-21-19-29-11-5-7-13-31(29)23-33)43-42-28(4)26(2)40-36(16-10-18-38(40)42)34-22-20-30-12-6-8-14-32(30)24-34/h5-24H,43H2,1-4H3. The van der Waals surface area contributed by atoms with Crippen molar-refractivity contribution in [1.82, 2.24) is 0 Å². The summed E-state index contributed by atoms with van der Waals surface area (Å²) in [7, 11) is -0.753. The number of hydrogen-bond acceptors (Lipinski definition) is 0. The van der Waals surface area contributed by atoms with Crippen LogP contribution in [0.1, 0.15) is 49.9 Å². The van der Waals surface area contributed by atoms with Crippen molar-refractivity contribution in [2.75, 3.05) is 0 Å². The Morgan fingerprint density at radius 3 is 1.19 bits per heavy atom. The molecule has 6 aromatic rings. The van der Waals surface area contributed by atoms with Gasteiger partial charge in [0.15, 0.2) is 0 Å². The van der Waals surface area contributed by atoms with Crippen LogP contribution >= 0.6 is 0 Å². The topological polar surface area (TPSA) is 0 Å². The Hall–Kier alpha value is -4.46. The quantitative estimate of drug-likeness (QED) is 0.186. The van der Waals surface area contributed by atoms with Gasteiger partial charge in [-0.25, -0.2) is 0 Å². The van der Waals surface area contributed by atoms with Crippen molar-refractivity contribution < 1.29 is 0 Å². The molecule has 0 heterocycles. The van der Waals surface area contributed by atoms with Gasteiger partial charge in [-0.05, 0) is 117 Å². The van der Waals surface area contributed by atoms with Gasteiger partial charge in [-0.3, -0.25) is 0 Å². The van der Waals surface area contributed by atoms with Crippen LogP contribution in [0.2, 0.25) is 0 Å². The normalized spacial score (nSPS) is 15.2. The SMILES string of the molecule is CC1=C(C)c2c(cccc2-c2ccc3ccccc3c2)[C]1[SiH2][C]1C(C)=C(C)c2c1cccc2-c1ccc2ccccc2c1. The lowest BCUT2D eigenvalue weighted by atomic mass is 9.93. The highest BCUT2D eigenvalue weighted by molar-refractivity contribution is 6.57. The molecule has 0 saturated carbocycles. The van der Waals surface area contributed by atoms with Crippen LogP contribution in [-0.4, -0.2) is 9.52 Å². The molecule has 0 unspecified atom stereocenters. The molecule has 1 heteroatoms. The van der Waals surface area contributed by atoms with Gasteiger partial charge < -0.3 is 0 Å². The summed E-state index contributed by atoms with van der Waals surface area (Å²) >= 11 is 0. The van der Waals surface area contributed by atoms with E-state index in [-0.39, 0.29) is 0 Å². The molecule has 0 saturated heterocycles. The molecule has 206 valence electrons. The van der Waals surface area contributed by atoms with Crippen molar-refractivity contribution in [2.45, 2.75) is 27.7 Å². The zero-order valence-electron chi connectivity index (χ0n) is 25.3. The molecule has 0 aromatic heterocycles. The summed E-state index contributed by atoms with van der Waals surface area (Å²) in [5.41, 5.74) is 20.1. The van der Waals surface area contributed by atoms with E-state index in [4.69, 9.17) is 0 Å². The fourth-order valence-corrected chi connectivity index (χ4v) is 9.86. The van der Waals surface area contributed by atoms with E-state index in [2.05, 4.69) is 149 Å². The predicted octanol–water partition coefficient (Wildman–Crippen LogP) is 10.6. The molecule has 6 aromatic carbocycles. The van der Waals surface area contributed by atoms with Crippen molar-refractivity contribution in [3.63, 3.8) is 0 Å². The van der Waals surface area contributed by atoms with Crippen LogP contribution in [0.15, 0.2) is 132 Å². The highest BCUT2D eigenvalue weighted by Crippen LogP contribution is 2.50. The number of fused-ring (bicyclic) bond motifs is 4. The van der Waals surface area contributed by atoms with Crippen molar-refractivity contribution >= 4 is 42.2 Å². The Bertz CT molecular complexity index is 2000. The van der Waals surface area contributed by atoms with E-state index in [1.165, 1.54) is 88.3 Å². The number of allylic oxidation sites excluding steroid dienone is 4. The highest BCUT2D eigenvalue weighted by Gasteiger charge is 2.36. The fraction of sp³-hybridized carbons (Fsp3) is 0.0952. The molecule has 2 radical (unpaired) electrons. The first kappa shape index (κ1) is 26.2. The molecular formula is C42H34Si. The molecule has 0 fully saturated rings. The first-order valence-corrected chi connectivity index (χ1v) is 16.7. The minimum atomic E-state index is -0.753. The summed E-state index contributed by atoms with van der Waals surface area (Å²) in [5, 5.41) is 5.17. The summed E-state index contributed by atoms with van der Waals surface area (Å²) in [6.07, 6.45) is 0. The van der Waals surface area contributed by atoms with Crippen LogP contribution in [0.25, 0.3) is 54.9 Å². The third kappa shape index (κ3) is 4.10. The van der Waals surface area contributed by atoms with Gasteiger partial charge in [-0.1, -0.05) is 120 Å². The van der Waals surface area contributed by atoms with Gasteiger partial charge in [0, 0.05) is 11.1 Å². The van der Waals surface area contributed by atoms with E-state index in [0.29, 0.717) is 0 Å². The van der Waals surface area contributed by atoms with E-state index in [9.17, 15) is 0 Å². The smallest absolute Gasteiger partial charge is 0.0575 e. The van der Waals surface area contributed by atoms with E-state index in [0.717, 1.165) is 0 Å². The Morgan fingerprint density at radius 1 is 0.349 bits per heavy atom. The summed E-state index contributed by atoms with van der Waals surface area (Å²) in [6.45, 7) is 9.38. The molecule has 0 spiro atoms. The Morgan fingerprint density at radius 2 is 0.744 bits per heavy atom. The predicted molar refractivity (Wildman–Crippen MR) is 189 cm³/mol. The number of hydrogen-bond donors (Lipinski definition) is 0. The molecule has 2 aliphatic carbocycles. The molecule has 0 amide bonds. The molecule has 0 nitrogen and oxygen atoms in total. The summed E-state index contributed by atoms with van der Waals surface area (Å²) in [4.78, 5) is 0. The lowest BCUT2D eigenvalue weighted by Crippen LogP contribution is -2.18. The second-order valence-electron chi connectivity index (χ2n) is 12.2. The Labute approximate surface area is 257 Å². The van der Waals surface area contributed by atoms with Gasteiger partial charge in [0.1, 0.15) is 0 Å². The van der Waals surface area contributed by atoms with Crippen molar-refractivity contribution in [1.29, 1.82) is 0 Å². The van der Waals surface area contributed by atoms with Crippen LogP contribution in [0.3, 0.4) is 0 Å². The van der Waals surface area contributed by atoms with Gasteiger partial charge in [0.2, 0.25) is 0 Å². The van der Waals surface area contributed by atoms with Crippen LogP contribution in [-0.2, 0) is 0 Å². The first-order chi connectivity index (χ1) is 21.0. The summed E-state index contributed by atoms with van der Waals surface area (Å²) in [6, 6.07) is 45.1. The highest BCUT2D eigenvalue weighted by atomic mass is 28.2. The minimum Gasteiger partial charge on any atom is -0.0617 e. The maximum absolute atomic E-state index is 2.37. The molecule has 0 bridgehead atoms. The lowest BCUT2D eigenvalue weighted by molar-refractivity contribution is 1.31. The maximum Gasteiger partial charge on any atom is 0.0575 e. The molecular weight excluding hydrogens is 533 g/mol. The Kier molecular flexibility index (Phi) is 6.13. The van der Waals surface area contributed by atoms with Crippen molar-refractivity contribution in [3.05, 3.63) is 166 Å². The monoisotopic (exact) mass is 566 g/mol. The third-order valence-electron chi connectivity index (χ3n) is 10.0. The van der Waals surface area contributed by atoms with E-state index >= 15 is 0 Å².